The highest BCUT2D eigenvalue weighted by Crippen LogP contribution is 2.41. The molecule has 0 radical (unpaired) electrons. The van der Waals surface area contributed by atoms with E-state index in [0.717, 1.165) is 19.0 Å². The molecule has 22 heavy (non-hydrogen) atoms. The van der Waals surface area contributed by atoms with Crippen LogP contribution in [0.2, 0.25) is 0 Å². The highest BCUT2D eigenvalue weighted by atomic mass is 35.5. The Morgan fingerprint density at radius 1 is 0.955 bits per heavy atom. The molecule has 126 valence electrons. The van der Waals surface area contributed by atoms with E-state index in [1.54, 1.807) is 5.56 Å². The van der Waals surface area contributed by atoms with Crippen molar-refractivity contribution >= 4 is 24.8 Å². The highest BCUT2D eigenvalue weighted by Gasteiger charge is 2.33. The zero-order chi connectivity index (χ0) is 13.9. The Labute approximate surface area is 147 Å². The topological polar surface area (TPSA) is 15.3 Å². The standard InChI is InChI=1S/C18H28N2.2ClH/c1-14(2)15-6-8-17(9-7-15)18(16-4-3-5-16)20-12-10-19-11-13-20;;/h6-9,14,16,18-19H,3-5,10-13H2,1-2H3;2*1H/t18-;;/m0../s1. The van der Waals surface area contributed by atoms with Crippen molar-refractivity contribution in [2.24, 2.45) is 5.92 Å². The fourth-order valence-corrected chi connectivity index (χ4v) is 3.58. The van der Waals surface area contributed by atoms with Crippen molar-refractivity contribution in [2.75, 3.05) is 26.2 Å². The number of nitrogens with one attached hydrogen (secondary N) is 1. The molecule has 1 saturated heterocycles. The molecule has 1 aliphatic carbocycles. The fourth-order valence-electron chi connectivity index (χ4n) is 3.58. The average Bonchev–Trinajstić information content (AvgIpc) is 2.44. The summed E-state index contributed by atoms with van der Waals surface area (Å²) in [4.78, 5) is 2.71. The monoisotopic (exact) mass is 344 g/mol. The Kier molecular flexibility index (Phi) is 8.20. The molecule has 3 rings (SSSR count). The van der Waals surface area contributed by atoms with Crippen molar-refractivity contribution in [3.8, 4) is 0 Å². The van der Waals surface area contributed by atoms with Gasteiger partial charge in [-0.25, -0.2) is 0 Å². The molecule has 0 aromatic heterocycles. The molecule has 1 aromatic rings. The van der Waals surface area contributed by atoms with Crippen LogP contribution < -0.4 is 5.32 Å². The predicted molar refractivity (Wildman–Crippen MR) is 99.6 cm³/mol. The number of piperazine rings is 1. The molecule has 1 saturated carbocycles. The summed E-state index contributed by atoms with van der Waals surface area (Å²) in [6.07, 6.45) is 4.26. The molecule has 1 N–H and O–H groups in total. The second-order valence-electron chi connectivity index (χ2n) is 6.74. The molecule has 4 heteroatoms. The molecular weight excluding hydrogens is 315 g/mol. The van der Waals surface area contributed by atoms with Gasteiger partial charge in [-0.2, -0.15) is 0 Å². The maximum Gasteiger partial charge on any atom is 0.0377 e. The Morgan fingerprint density at radius 3 is 1.95 bits per heavy atom. The molecule has 2 nitrogen and oxygen atoms in total. The van der Waals surface area contributed by atoms with E-state index in [0.29, 0.717) is 12.0 Å². The Balaban J connectivity index is 0.00000121. The molecule has 0 bridgehead atoms. The Morgan fingerprint density at radius 2 is 1.50 bits per heavy atom. The van der Waals surface area contributed by atoms with E-state index in [1.807, 2.05) is 0 Å². The molecule has 1 atom stereocenters. The third-order valence-electron chi connectivity index (χ3n) is 5.09. The number of hydrogen-bond donors (Lipinski definition) is 1. The van der Waals surface area contributed by atoms with Gasteiger partial charge < -0.3 is 5.32 Å². The first-order valence-electron chi connectivity index (χ1n) is 8.30. The third kappa shape index (κ3) is 4.38. The van der Waals surface area contributed by atoms with E-state index in [4.69, 9.17) is 0 Å². The number of hydrogen-bond acceptors (Lipinski definition) is 2. The lowest BCUT2D eigenvalue weighted by Crippen LogP contribution is -2.47. The average molecular weight is 345 g/mol. The van der Waals surface area contributed by atoms with Gasteiger partial charge in [0.1, 0.15) is 0 Å². The highest BCUT2D eigenvalue weighted by molar-refractivity contribution is 5.85. The van der Waals surface area contributed by atoms with E-state index >= 15 is 0 Å². The van der Waals surface area contributed by atoms with E-state index in [2.05, 4.69) is 48.3 Å². The number of benzene rings is 1. The summed E-state index contributed by atoms with van der Waals surface area (Å²) in [6, 6.07) is 10.1. The van der Waals surface area contributed by atoms with Gasteiger partial charge in [0.25, 0.3) is 0 Å². The first kappa shape index (κ1) is 19.8. The van der Waals surface area contributed by atoms with Gasteiger partial charge in [-0.3, -0.25) is 4.90 Å². The van der Waals surface area contributed by atoms with Crippen molar-refractivity contribution in [2.45, 2.75) is 45.1 Å². The van der Waals surface area contributed by atoms with Crippen LogP contribution in [0.3, 0.4) is 0 Å². The number of halogens is 2. The Bertz CT molecular complexity index is 423. The maximum absolute atomic E-state index is 3.48. The molecule has 1 heterocycles. The van der Waals surface area contributed by atoms with E-state index in [-0.39, 0.29) is 24.8 Å². The van der Waals surface area contributed by atoms with Gasteiger partial charge in [0.2, 0.25) is 0 Å². The van der Waals surface area contributed by atoms with Crippen LogP contribution in [0.25, 0.3) is 0 Å². The largest absolute Gasteiger partial charge is 0.314 e. The van der Waals surface area contributed by atoms with Crippen LogP contribution in [0.1, 0.15) is 56.2 Å². The summed E-state index contributed by atoms with van der Waals surface area (Å²) in [6.45, 7) is 9.24. The van der Waals surface area contributed by atoms with Crippen LogP contribution in [-0.2, 0) is 0 Å². The Hall–Kier alpha value is -0.280. The van der Waals surface area contributed by atoms with Crippen LogP contribution in [-0.4, -0.2) is 31.1 Å². The van der Waals surface area contributed by atoms with Gasteiger partial charge in [-0.05, 0) is 35.8 Å². The van der Waals surface area contributed by atoms with Crippen LogP contribution in [0.4, 0.5) is 0 Å². The summed E-state index contributed by atoms with van der Waals surface area (Å²) >= 11 is 0. The molecule has 1 aromatic carbocycles. The minimum Gasteiger partial charge on any atom is -0.314 e. The molecule has 2 fully saturated rings. The van der Waals surface area contributed by atoms with Crippen LogP contribution in [0, 0.1) is 5.92 Å². The fraction of sp³-hybridized carbons (Fsp3) is 0.667. The van der Waals surface area contributed by atoms with Gasteiger partial charge in [-0.1, -0.05) is 44.5 Å². The van der Waals surface area contributed by atoms with Gasteiger partial charge >= 0.3 is 0 Å². The van der Waals surface area contributed by atoms with Crippen molar-refractivity contribution in [3.05, 3.63) is 35.4 Å². The lowest BCUT2D eigenvalue weighted by Gasteiger charge is -2.43. The number of nitrogens with zero attached hydrogens (tertiary/aromatic N) is 1. The SMILES string of the molecule is CC(C)c1ccc([C@H](C2CCC2)N2CCNCC2)cc1.Cl.Cl. The van der Waals surface area contributed by atoms with E-state index in [1.165, 1.54) is 37.9 Å². The summed E-state index contributed by atoms with van der Waals surface area (Å²) in [5.41, 5.74) is 3.00. The second-order valence-corrected chi connectivity index (χ2v) is 6.74. The molecule has 0 unspecified atom stereocenters. The van der Waals surface area contributed by atoms with Gasteiger partial charge in [0.05, 0.1) is 0 Å². The molecule has 0 amide bonds. The van der Waals surface area contributed by atoms with Gasteiger partial charge in [0.15, 0.2) is 0 Å². The predicted octanol–water partition coefficient (Wildman–Crippen LogP) is 4.40. The molecule has 2 aliphatic rings. The third-order valence-corrected chi connectivity index (χ3v) is 5.09. The zero-order valence-electron chi connectivity index (χ0n) is 13.8. The maximum atomic E-state index is 3.48. The molecule has 0 spiro atoms. The summed E-state index contributed by atoms with van der Waals surface area (Å²) in [5, 5.41) is 3.48. The summed E-state index contributed by atoms with van der Waals surface area (Å²) < 4.78 is 0. The second kappa shape index (κ2) is 9.12. The first-order chi connectivity index (χ1) is 9.75. The van der Waals surface area contributed by atoms with E-state index in [9.17, 15) is 0 Å². The summed E-state index contributed by atoms with van der Waals surface area (Å²) in [5.74, 6) is 1.52. The molecule has 1 aliphatic heterocycles. The lowest BCUT2D eigenvalue weighted by atomic mass is 9.76. The quantitative estimate of drug-likeness (QED) is 0.870. The lowest BCUT2D eigenvalue weighted by molar-refractivity contribution is 0.0837. The minimum atomic E-state index is 0. The van der Waals surface area contributed by atoms with Crippen molar-refractivity contribution in [1.29, 1.82) is 0 Å². The summed E-state index contributed by atoms with van der Waals surface area (Å²) in [7, 11) is 0. The van der Waals surface area contributed by atoms with Crippen molar-refractivity contribution in [3.63, 3.8) is 0 Å². The molecular formula is C18H30Cl2N2. The van der Waals surface area contributed by atoms with Gasteiger partial charge in [0, 0.05) is 32.2 Å². The van der Waals surface area contributed by atoms with Crippen LogP contribution >= 0.6 is 24.8 Å². The van der Waals surface area contributed by atoms with Crippen molar-refractivity contribution < 1.29 is 0 Å². The first-order valence-corrected chi connectivity index (χ1v) is 8.30. The van der Waals surface area contributed by atoms with E-state index < -0.39 is 0 Å². The zero-order valence-corrected chi connectivity index (χ0v) is 15.4. The van der Waals surface area contributed by atoms with Gasteiger partial charge in [-0.15, -0.1) is 24.8 Å². The number of rotatable bonds is 4. The normalized spacial score (nSPS) is 20.7. The van der Waals surface area contributed by atoms with Crippen LogP contribution in [0.5, 0.6) is 0 Å². The minimum absolute atomic E-state index is 0. The van der Waals surface area contributed by atoms with Crippen molar-refractivity contribution in [1.82, 2.24) is 10.2 Å². The smallest absolute Gasteiger partial charge is 0.0377 e. The van der Waals surface area contributed by atoms with Crippen LogP contribution in [0.15, 0.2) is 24.3 Å².